The monoisotopic (exact) mass is 502 g/mol. The molecule has 4 rings (SSSR count). The summed E-state index contributed by atoms with van der Waals surface area (Å²) in [4.78, 5) is 12.5. The number of carbonyl (C=O) groups excluding carboxylic acids is 1. The highest BCUT2D eigenvalue weighted by atomic mass is 79.9. The number of ether oxygens (including phenoxy) is 2. The summed E-state index contributed by atoms with van der Waals surface area (Å²) in [6.07, 6.45) is 0.856. The second-order valence-corrected chi connectivity index (χ2v) is 8.34. The number of benzene rings is 4. The Balaban J connectivity index is 1.37. The maximum Gasteiger partial charge on any atom is 0.280 e. The summed E-state index contributed by atoms with van der Waals surface area (Å²) < 4.78 is 12.9. The van der Waals surface area contributed by atoms with Gasteiger partial charge < -0.3 is 9.47 Å². The van der Waals surface area contributed by atoms with Crippen LogP contribution in [0.4, 0.5) is 0 Å². The van der Waals surface area contributed by atoms with Crippen LogP contribution in [0.3, 0.4) is 0 Å². The molecule has 0 fully saturated rings. The van der Waals surface area contributed by atoms with Gasteiger partial charge in [0.1, 0.15) is 18.1 Å². The maximum absolute atomic E-state index is 12.5. The van der Waals surface area contributed by atoms with E-state index in [4.69, 9.17) is 9.47 Å². The van der Waals surface area contributed by atoms with Crippen molar-refractivity contribution in [2.45, 2.75) is 19.6 Å². The molecule has 5 nitrogen and oxygen atoms in total. The molecule has 0 aromatic heterocycles. The third kappa shape index (κ3) is 5.99. The van der Waals surface area contributed by atoms with Crippen LogP contribution in [-0.4, -0.2) is 18.2 Å². The number of halogens is 1. The zero-order chi connectivity index (χ0) is 23.0. The van der Waals surface area contributed by atoms with Crippen molar-refractivity contribution in [1.29, 1.82) is 0 Å². The summed E-state index contributed by atoms with van der Waals surface area (Å²) in [7, 11) is 0. The highest BCUT2D eigenvalue weighted by Crippen LogP contribution is 2.26. The number of amides is 1. The summed E-state index contributed by atoms with van der Waals surface area (Å²) in [5.41, 5.74) is 4.36. The minimum atomic E-state index is -0.712. The van der Waals surface area contributed by atoms with E-state index in [9.17, 15) is 4.79 Å². The van der Waals surface area contributed by atoms with Gasteiger partial charge in [-0.1, -0.05) is 76.6 Å². The van der Waals surface area contributed by atoms with Gasteiger partial charge in [-0.2, -0.15) is 5.10 Å². The predicted molar refractivity (Wildman–Crippen MR) is 135 cm³/mol. The van der Waals surface area contributed by atoms with E-state index in [-0.39, 0.29) is 5.91 Å². The molecule has 0 aliphatic heterocycles. The van der Waals surface area contributed by atoms with Crippen LogP contribution in [0.5, 0.6) is 11.5 Å². The van der Waals surface area contributed by atoms with E-state index in [1.165, 1.54) is 0 Å². The summed E-state index contributed by atoms with van der Waals surface area (Å²) in [6.45, 7) is 2.12. The fraction of sp³-hybridized carbons (Fsp3) is 0.111. The van der Waals surface area contributed by atoms with Crippen molar-refractivity contribution in [2.75, 3.05) is 0 Å². The molecular weight excluding hydrogens is 480 g/mol. The summed E-state index contributed by atoms with van der Waals surface area (Å²) in [5.74, 6) is 0.994. The molecule has 4 aromatic carbocycles. The van der Waals surface area contributed by atoms with Crippen molar-refractivity contribution >= 4 is 38.8 Å². The number of para-hydroxylation sites is 1. The lowest BCUT2D eigenvalue weighted by Gasteiger charge is -2.15. The van der Waals surface area contributed by atoms with Crippen molar-refractivity contribution in [3.8, 4) is 11.5 Å². The van der Waals surface area contributed by atoms with Gasteiger partial charge in [-0.15, -0.1) is 0 Å². The van der Waals surface area contributed by atoms with E-state index >= 15 is 0 Å². The number of rotatable bonds is 8. The largest absolute Gasteiger partial charge is 0.488 e. The number of hydrogen-bond donors (Lipinski definition) is 1. The Morgan fingerprint density at radius 3 is 2.58 bits per heavy atom. The van der Waals surface area contributed by atoms with Crippen LogP contribution in [0, 0.1) is 0 Å². The molecule has 0 heterocycles. The first-order valence-corrected chi connectivity index (χ1v) is 11.3. The summed E-state index contributed by atoms with van der Waals surface area (Å²) >= 11 is 3.47. The number of fused-ring (bicyclic) bond motifs is 1. The first-order chi connectivity index (χ1) is 16.1. The van der Waals surface area contributed by atoms with E-state index in [2.05, 4.69) is 26.5 Å². The van der Waals surface area contributed by atoms with Crippen LogP contribution < -0.4 is 14.9 Å². The minimum absolute atomic E-state index is 0.341. The van der Waals surface area contributed by atoms with Gasteiger partial charge in [0, 0.05) is 15.4 Å². The van der Waals surface area contributed by atoms with Gasteiger partial charge in [0.05, 0.1) is 6.21 Å². The molecule has 6 heteroatoms. The van der Waals surface area contributed by atoms with Crippen molar-refractivity contribution < 1.29 is 14.3 Å². The van der Waals surface area contributed by atoms with Crippen LogP contribution in [0.2, 0.25) is 0 Å². The van der Waals surface area contributed by atoms with Crippen molar-refractivity contribution in [2.24, 2.45) is 5.10 Å². The molecule has 0 spiro atoms. The standard InChI is InChI=1S/C27H23BrN2O3/c1-19(33-26-15-7-11-21-9-2-4-13-24(21)26)27(31)30-29-17-22-10-3-5-14-25(22)32-18-20-8-6-12-23(28)16-20/h2-17,19H,18H2,1H3,(H,30,31)/b29-17+. The van der Waals surface area contributed by atoms with Crippen LogP contribution in [0.1, 0.15) is 18.1 Å². The predicted octanol–water partition coefficient (Wildman–Crippen LogP) is 6.10. The summed E-state index contributed by atoms with van der Waals surface area (Å²) in [5, 5.41) is 6.12. The molecule has 1 N–H and O–H groups in total. The molecule has 1 unspecified atom stereocenters. The van der Waals surface area contributed by atoms with E-state index in [1.54, 1.807) is 13.1 Å². The van der Waals surface area contributed by atoms with Crippen LogP contribution in [0.15, 0.2) is 101 Å². The van der Waals surface area contributed by atoms with Crippen molar-refractivity contribution in [1.82, 2.24) is 5.43 Å². The van der Waals surface area contributed by atoms with Crippen LogP contribution in [0.25, 0.3) is 10.8 Å². The fourth-order valence-corrected chi connectivity index (χ4v) is 3.75. The Morgan fingerprint density at radius 1 is 0.970 bits per heavy atom. The molecule has 4 aromatic rings. The Morgan fingerprint density at radius 2 is 1.70 bits per heavy atom. The number of hydrogen-bond acceptors (Lipinski definition) is 4. The average molecular weight is 503 g/mol. The third-order valence-corrected chi connectivity index (χ3v) is 5.50. The number of nitrogens with one attached hydrogen (secondary N) is 1. The maximum atomic E-state index is 12.5. The Kier molecular flexibility index (Phi) is 7.37. The SMILES string of the molecule is CC(Oc1cccc2ccccc12)C(=O)N/N=C/c1ccccc1OCc1cccc(Br)c1. The quantitative estimate of drug-likeness (QED) is 0.234. The Labute approximate surface area is 201 Å². The van der Waals surface area contributed by atoms with Gasteiger partial charge >= 0.3 is 0 Å². The second kappa shape index (κ2) is 10.8. The molecule has 0 aliphatic carbocycles. The number of carbonyl (C=O) groups is 1. The molecule has 1 atom stereocenters. The smallest absolute Gasteiger partial charge is 0.280 e. The highest BCUT2D eigenvalue weighted by molar-refractivity contribution is 9.10. The normalized spacial score (nSPS) is 11.9. The molecular formula is C27H23BrN2O3. The van der Waals surface area contributed by atoms with Crippen molar-refractivity contribution in [3.05, 3.63) is 107 Å². The van der Waals surface area contributed by atoms with E-state index in [1.807, 2.05) is 91.0 Å². The van der Waals surface area contributed by atoms with Crippen LogP contribution >= 0.6 is 15.9 Å². The van der Waals surface area contributed by atoms with Gasteiger partial charge in [0.2, 0.25) is 0 Å². The molecule has 0 saturated carbocycles. The Hall–Kier alpha value is -3.64. The number of hydrazone groups is 1. The lowest BCUT2D eigenvalue weighted by molar-refractivity contribution is -0.127. The lowest BCUT2D eigenvalue weighted by Crippen LogP contribution is -2.33. The molecule has 166 valence electrons. The lowest BCUT2D eigenvalue weighted by atomic mass is 10.1. The van der Waals surface area contributed by atoms with Crippen molar-refractivity contribution in [3.63, 3.8) is 0 Å². The molecule has 0 bridgehead atoms. The zero-order valence-electron chi connectivity index (χ0n) is 18.1. The van der Waals surface area contributed by atoms with Gasteiger partial charge in [-0.3, -0.25) is 4.79 Å². The average Bonchev–Trinajstić information content (AvgIpc) is 2.83. The van der Waals surface area contributed by atoms with Gasteiger partial charge in [0.25, 0.3) is 5.91 Å². The van der Waals surface area contributed by atoms with E-state index in [0.29, 0.717) is 18.1 Å². The second-order valence-electron chi connectivity index (χ2n) is 7.43. The Bertz CT molecular complexity index is 1280. The van der Waals surface area contributed by atoms with Gasteiger partial charge in [-0.05, 0) is 48.2 Å². The molecule has 1 amide bonds. The molecule has 33 heavy (non-hydrogen) atoms. The zero-order valence-corrected chi connectivity index (χ0v) is 19.7. The van der Waals surface area contributed by atoms with Crippen LogP contribution in [-0.2, 0) is 11.4 Å². The third-order valence-electron chi connectivity index (χ3n) is 5.00. The first kappa shape index (κ1) is 22.6. The minimum Gasteiger partial charge on any atom is -0.488 e. The fourth-order valence-electron chi connectivity index (χ4n) is 3.31. The summed E-state index contributed by atoms with van der Waals surface area (Å²) in [6, 6.07) is 29.1. The van der Waals surface area contributed by atoms with Gasteiger partial charge in [-0.25, -0.2) is 5.43 Å². The first-order valence-electron chi connectivity index (χ1n) is 10.5. The van der Waals surface area contributed by atoms with E-state index < -0.39 is 6.10 Å². The number of nitrogens with zero attached hydrogens (tertiary/aromatic N) is 1. The van der Waals surface area contributed by atoms with Gasteiger partial charge in [0.15, 0.2) is 6.10 Å². The topological polar surface area (TPSA) is 59.9 Å². The highest BCUT2D eigenvalue weighted by Gasteiger charge is 2.15. The van der Waals surface area contributed by atoms with E-state index in [0.717, 1.165) is 26.4 Å². The molecule has 0 aliphatic rings. The molecule has 0 radical (unpaired) electrons. The molecule has 0 saturated heterocycles.